The normalized spacial score (nSPS) is 10.5. The Hall–Kier alpha value is -1.71. The van der Waals surface area contributed by atoms with Gasteiger partial charge in [-0.1, -0.05) is 26.7 Å². The minimum atomic E-state index is 0.0618. The third kappa shape index (κ3) is 4.47. The summed E-state index contributed by atoms with van der Waals surface area (Å²) < 4.78 is 5.23. The maximum atomic E-state index is 12.2. The lowest BCUT2D eigenvalue weighted by Gasteiger charge is -2.17. The van der Waals surface area contributed by atoms with Crippen molar-refractivity contribution in [1.82, 2.24) is 0 Å². The maximum Gasteiger partial charge on any atom is 0.227 e. The van der Waals surface area contributed by atoms with Crippen LogP contribution in [0.5, 0.6) is 5.75 Å². The molecule has 1 rings (SSSR count). The van der Waals surface area contributed by atoms with E-state index in [1.807, 2.05) is 0 Å². The summed E-state index contributed by atoms with van der Waals surface area (Å²) in [4.78, 5) is 12.2. The number of amides is 1. The van der Waals surface area contributed by atoms with Crippen LogP contribution in [0.25, 0.3) is 0 Å². The van der Waals surface area contributed by atoms with Crippen LogP contribution in [-0.2, 0) is 4.79 Å². The van der Waals surface area contributed by atoms with Crippen LogP contribution < -0.4 is 15.8 Å². The van der Waals surface area contributed by atoms with Crippen LogP contribution in [-0.4, -0.2) is 13.0 Å². The Bertz CT molecular complexity index is 413. The molecule has 0 heterocycles. The quantitative estimate of drug-likeness (QED) is 0.741. The first-order chi connectivity index (χ1) is 9.12. The van der Waals surface area contributed by atoms with Gasteiger partial charge in [0.05, 0.1) is 12.8 Å². The van der Waals surface area contributed by atoms with Gasteiger partial charge in [0.15, 0.2) is 0 Å². The van der Waals surface area contributed by atoms with Crippen LogP contribution in [0.2, 0.25) is 0 Å². The third-order valence-corrected chi connectivity index (χ3v) is 3.13. The molecule has 0 saturated heterocycles. The van der Waals surface area contributed by atoms with Gasteiger partial charge < -0.3 is 15.8 Å². The molecule has 0 atom stereocenters. The Morgan fingerprint density at radius 2 is 1.95 bits per heavy atom. The zero-order chi connectivity index (χ0) is 14.3. The van der Waals surface area contributed by atoms with Gasteiger partial charge in [-0.2, -0.15) is 0 Å². The molecular weight excluding hydrogens is 240 g/mol. The molecule has 0 aromatic heterocycles. The van der Waals surface area contributed by atoms with Crippen molar-refractivity contribution in [1.29, 1.82) is 0 Å². The van der Waals surface area contributed by atoms with Gasteiger partial charge in [-0.05, 0) is 25.0 Å². The minimum Gasteiger partial charge on any atom is -0.494 e. The zero-order valence-corrected chi connectivity index (χ0v) is 12.0. The van der Waals surface area contributed by atoms with Crippen molar-refractivity contribution in [2.45, 2.75) is 39.5 Å². The van der Waals surface area contributed by atoms with E-state index in [1.165, 1.54) is 0 Å². The summed E-state index contributed by atoms with van der Waals surface area (Å²) in [6.07, 6.45) is 3.85. The fourth-order valence-corrected chi connectivity index (χ4v) is 2.15. The van der Waals surface area contributed by atoms with Crippen molar-refractivity contribution >= 4 is 17.3 Å². The average Bonchev–Trinajstić information content (AvgIpc) is 2.40. The first kappa shape index (κ1) is 15.3. The molecule has 19 heavy (non-hydrogen) atoms. The highest BCUT2D eigenvalue weighted by molar-refractivity contribution is 5.94. The molecule has 0 aliphatic rings. The Kier molecular flexibility index (Phi) is 6.19. The van der Waals surface area contributed by atoms with E-state index in [0.29, 0.717) is 17.1 Å². The summed E-state index contributed by atoms with van der Waals surface area (Å²) in [5.41, 5.74) is 6.99. The highest BCUT2D eigenvalue weighted by atomic mass is 16.5. The molecular formula is C15H24N2O2. The van der Waals surface area contributed by atoms with Gasteiger partial charge in [0.1, 0.15) is 5.75 Å². The summed E-state index contributed by atoms with van der Waals surface area (Å²) in [5, 5.41) is 2.94. The second-order valence-electron chi connectivity index (χ2n) is 4.72. The summed E-state index contributed by atoms with van der Waals surface area (Å²) >= 11 is 0. The van der Waals surface area contributed by atoms with Crippen LogP contribution in [0.4, 0.5) is 11.4 Å². The summed E-state index contributed by atoms with van der Waals surface area (Å²) in [6.45, 7) is 4.19. The van der Waals surface area contributed by atoms with Gasteiger partial charge >= 0.3 is 0 Å². The van der Waals surface area contributed by atoms with E-state index in [-0.39, 0.29) is 11.8 Å². The molecule has 4 heteroatoms. The van der Waals surface area contributed by atoms with E-state index in [0.717, 1.165) is 25.7 Å². The minimum absolute atomic E-state index is 0.0618. The number of nitrogen functional groups attached to an aromatic ring is 1. The Morgan fingerprint density at radius 3 is 2.47 bits per heavy atom. The van der Waals surface area contributed by atoms with E-state index in [9.17, 15) is 4.79 Å². The van der Waals surface area contributed by atoms with Crippen LogP contribution in [0.1, 0.15) is 39.5 Å². The van der Waals surface area contributed by atoms with Gasteiger partial charge in [-0.15, -0.1) is 0 Å². The Labute approximate surface area is 115 Å². The number of methoxy groups -OCH3 is 1. The topological polar surface area (TPSA) is 64.4 Å². The largest absolute Gasteiger partial charge is 0.494 e. The predicted molar refractivity (Wildman–Crippen MR) is 79.3 cm³/mol. The number of nitrogens with one attached hydrogen (secondary N) is 1. The number of hydrogen-bond acceptors (Lipinski definition) is 3. The second-order valence-corrected chi connectivity index (χ2v) is 4.72. The summed E-state index contributed by atoms with van der Waals surface area (Å²) in [6, 6.07) is 5.25. The van der Waals surface area contributed by atoms with Crippen LogP contribution in [0.15, 0.2) is 18.2 Å². The lowest BCUT2D eigenvalue weighted by atomic mass is 9.97. The molecule has 1 aromatic carbocycles. The molecule has 0 radical (unpaired) electrons. The number of nitrogens with two attached hydrogens (primary N) is 1. The number of carbonyl (C=O) groups is 1. The van der Waals surface area contributed by atoms with Crippen molar-refractivity contribution in [3.63, 3.8) is 0 Å². The van der Waals surface area contributed by atoms with Gasteiger partial charge in [0.25, 0.3) is 0 Å². The summed E-state index contributed by atoms with van der Waals surface area (Å²) in [5.74, 6) is 0.726. The van der Waals surface area contributed by atoms with E-state index >= 15 is 0 Å². The van der Waals surface area contributed by atoms with Crippen molar-refractivity contribution in [2.24, 2.45) is 5.92 Å². The smallest absolute Gasteiger partial charge is 0.227 e. The Morgan fingerprint density at radius 1 is 1.32 bits per heavy atom. The number of carbonyl (C=O) groups excluding carboxylic acids is 1. The molecule has 3 N–H and O–H groups in total. The first-order valence-corrected chi connectivity index (χ1v) is 6.86. The standard InChI is InChI=1S/C15H24N2O2/c1-4-6-11(7-5-2)15(18)17-13-9-8-12(16)10-14(13)19-3/h8-11H,4-7,16H2,1-3H3,(H,17,18). The van der Waals surface area contributed by atoms with E-state index < -0.39 is 0 Å². The van der Waals surface area contributed by atoms with E-state index in [2.05, 4.69) is 19.2 Å². The number of anilines is 2. The number of ether oxygens (including phenoxy) is 1. The number of rotatable bonds is 7. The van der Waals surface area contributed by atoms with Crippen LogP contribution in [0.3, 0.4) is 0 Å². The van der Waals surface area contributed by atoms with Gasteiger partial charge in [0.2, 0.25) is 5.91 Å². The van der Waals surface area contributed by atoms with Crippen molar-refractivity contribution < 1.29 is 9.53 Å². The van der Waals surface area contributed by atoms with Crippen LogP contribution in [0, 0.1) is 5.92 Å². The van der Waals surface area contributed by atoms with Crippen molar-refractivity contribution in [2.75, 3.05) is 18.2 Å². The highest BCUT2D eigenvalue weighted by Gasteiger charge is 2.18. The maximum absolute atomic E-state index is 12.2. The second kappa shape index (κ2) is 7.67. The van der Waals surface area contributed by atoms with Gasteiger partial charge in [-0.25, -0.2) is 0 Å². The van der Waals surface area contributed by atoms with Crippen molar-refractivity contribution in [3.05, 3.63) is 18.2 Å². The van der Waals surface area contributed by atoms with Crippen LogP contribution >= 0.6 is 0 Å². The molecule has 1 amide bonds. The number of hydrogen-bond donors (Lipinski definition) is 2. The lowest BCUT2D eigenvalue weighted by Crippen LogP contribution is -2.23. The van der Waals surface area contributed by atoms with E-state index in [4.69, 9.17) is 10.5 Å². The van der Waals surface area contributed by atoms with E-state index in [1.54, 1.807) is 25.3 Å². The van der Waals surface area contributed by atoms with Gasteiger partial charge in [-0.3, -0.25) is 4.79 Å². The van der Waals surface area contributed by atoms with Crippen molar-refractivity contribution in [3.8, 4) is 5.75 Å². The SMILES string of the molecule is CCCC(CCC)C(=O)Nc1ccc(N)cc1OC. The average molecular weight is 264 g/mol. The molecule has 0 spiro atoms. The fraction of sp³-hybridized carbons (Fsp3) is 0.533. The molecule has 1 aromatic rings. The highest BCUT2D eigenvalue weighted by Crippen LogP contribution is 2.27. The molecule has 0 fully saturated rings. The number of benzene rings is 1. The molecule has 0 unspecified atom stereocenters. The molecule has 0 bridgehead atoms. The van der Waals surface area contributed by atoms with Gasteiger partial charge in [0, 0.05) is 17.7 Å². The predicted octanol–water partition coefficient (Wildman–Crippen LogP) is 3.43. The molecule has 106 valence electrons. The third-order valence-electron chi connectivity index (χ3n) is 3.13. The molecule has 0 aliphatic heterocycles. The monoisotopic (exact) mass is 264 g/mol. The summed E-state index contributed by atoms with van der Waals surface area (Å²) in [7, 11) is 1.57. The molecule has 4 nitrogen and oxygen atoms in total. The molecule has 0 saturated carbocycles. The fourth-order valence-electron chi connectivity index (χ4n) is 2.15. The molecule has 0 aliphatic carbocycles. The Balaban J connectivity index is 2.79. The lowest BCUT2D eigenvalue weighted by molar-refractivity contribution is -0.120. The zero-order valence-electron chi connectivity index (χ0n) is 12.0. The first-order valence-electron chi connectivity index (χ1n) is 6.86.